The Kier molecular flexibility index (Phi) is 4.86. The average molecular weight is 363 g/mol. The average Bonchev–Trinajstić information content (AvgIpc) is 2.97. The first-order valence-electron chi connectivity index (χ1n) is 7.78. The lowest BCUT2D eigenvalue weighted by molar-refractivity contribution is 0.271. The van der Waals surface area contributed by atoms with Crippen LogP contribution >= 0.6 is 11.6 Å². The number of nitrogens with one attached hydrogen (secondary N) is 2. The summed E-state index contributed by atoms with van der Waals surface area (Å²) in [6.45, 7) is 1.95. The minimum atomic E-state index is -0.141. The van der Waals surface area contributed by atoms with Crippen LogP contribution in [0.15, 0.2) is 18.2 Å². The maximum atomic E-state index is 9.39. The zero-order valence-electron chi connectivity index (χ0n) is 13.9. The molecule has 2 aromatic heterocycles. The molecule has 0 aliphatic carbocycles. The third-order valence-corrected chi connectivity index (χ3v) is 4.10. The van der Waals surface area contributed by atoms with Gasteiger partial charge in [-0.2, -0.15) is 9.97 Å². The van der Waals surface area contributed by atoms with Gasteiger partial charge in [-0.05, 0) is 24.6 Å². The number of hydrogen-bond donors (Lipinski definition) is 4. The number of hydrogen-bond acceptors (Lipinski definition) is 8. The zero-order valence-corrected chi connectivity index (χ0v) is 14.6. The number of nitrogens with two attached hydrogens (primary N) is 1. The van der Waals surface area contributed by atoms with E-state index in [1.54, 1.807) is 29.9 Å². The predicted molar refractivity (Wildman–Crippen MR) is 98.0 cm³/mol. The van der Waals surface area contributed by atoms with Gasteiger partial charge in [-0.1, -0.05) is 23.7 Å². The van der Waals surface area contributed by atoms with Crippen LogP contribution in [0.25, 0.3) is 11.2 Å². The van der Waals surface area contributed by atoms with Crippen LogP contribution in [0, 0.1) is 0 Å². The lowest BCUT2D eigenvalue weighted by Crippen LogP contribution is -2.24. The summed E-state index contributed by atoms with van der Waals surface area (Å²) < 4.78 is 1.56. The smallest absolute Gasteiger partial charge is 0.227 e. The number of fused-ring (bicyclic) bond motifs is 1. The van der Waals surface area contributed by atoms with Crippen molar-refractivity contribution >= 4 is 45.9 Å². The monoisotopic (exact) mass is 362 g/mol. The van der Waals surface area contributed by atoms with Gasteiger partial charge in [0.05, 0.1) is 23.4 Å². The van der Waals surface area contributed by atoms with Crippen molar-refractivity contribution in [2.24, 2.45) is 7.05 Å². The van der Waals surface area contributed by atoms with Crippen LogP contribution in [0.1, 0.15) is 13.3 Å². The largest absolute Gasteiger partial charge is 0.397 e. The summed E-state index contributed by atoms with van der Waals surface area (Å²) >= 11 is 5.96. The van der Waals surface area contributed by atoms with Gasteiger partial charge in [0.1, 0.15) is 0 Å². The van der Waals surface area contributed by atoms with E-state index in [2.05, 4.69) is 30.9 Å². The Hall–Kier alpha value is -2.65. The van der Waals surface area contributed by atoms with Crippen molar-refractivity contribution in [3.8, 4) is 0 Å². The van der Waals surface area contributed by atoms with Crippen molar-refractivity contribution in [2.75, 3.05) is 23.0 Å². The third kappa shape index (κ3) is 3.57. The van der Waals surface area contributed by atoms with Crippen LogP contribution in [-0.2, 0) is 7.05 Å². The Morgan fingerprint density at radius 3 is 2.84 bits per heavy atom. The molecule has 0 spiro atoms. The zero-order chi connectivity index (χ0) is 18.0. The molecule has 25 heavy (non-hydrogen) atoms. The number of aliphatic hydroxyl groups excluding tert-OH is 1. The number of aryl methyl sites for hydroxylation is 1. The number of anilines is 4. The minimum Gasteiger partial charge on any atom is -0.397 e. The quantitative estimate of drug-likeness (QED) is 0.490. The lowest BCUT2D eigenvalue weighted by atomic mass is 10.2. The fourth-order valence-electron chi connectivity index (χ4n) is 2.28. The standard InChI is InChI=1S/C15H19ClN8O/c1-3-8(7-25)19-15-20-13(12-14(21-15)24(2)23-22-12)18-9-4-5-10(16)11(17)6-9/h4-6,8,25H,3,7,17H2,1-2H3,(H2,18,19,20,21). The molecule has 1 unspecified atom stereocenters. The van der Waals surface area contributed by atoms with Crippen molar-refractivity contribution in [3.63, 3.8) is 0 Å². The highest BCUT2D eigenvalue weighted by Crippen LogP contribution is 2.27. The number of aromatic nitrogens is 5. The third-order valence-electron chi connectivity index (χ3n) is 3.76. The topological polar surface area (TPSA) is 127 Å². The van der Waals surface area contributed by atoms with Gasteiger partial charge in [-0.25, -0.2) is 4.68 Å². The summed E-state index contributed by atoms with van der Waals surface area (Å²) in [5.74, 6) is 0.860. The first-order valence-corrected chi connectivity index (χ1v) is 8.16. The maximum absolute atomic E-state index is 9.39. The first-order chi connectivity index (χ1) is 12.0. The summed E-state index contributed by atoms with van der Waals surface area (Å²) in [6, 6.07) is 5.06. The van der Waals surface area contributed by atoms with E-state index in [0.717, 1.165) is 6.42 Å². The molecule has 0 aliphatic heterocycles. The fraction of sp³-hybridized carbons (Fsp3) is 0.333. The summed E-state index contributed by atoms with van der Waals surface area (Å²) in [4.78, 5) is 8.89. The molecule has 0 saturated carbocycles. The minimum absolute atomic E-state index is 0.0159. The van der Waals surface area contributed by atoms with E-state index in [1.807, 2.05) is 6.92 Å². The van der Waals surface area contributed by atoms with Gasteiger partial charge in [0.2, 0.25) is 5.95 Å². The van der Waals surface area contributed by atoms with Gasteiger partial charge in [-0.3, -0.25) is 0 Å². The fourth-order valence-corrected chi connectivity index (χ4v) is 2.40. The molecule has 10 heteroatoms. The van der Waals surface area contributed by atoms with Crippen LogP contribution in [0.5, 0.6) is 0 Å². The van der Waals surface area contributed by atoms with Crippen molar-refractivity contribution in [2.45, 2.75) is 19.4 Å². The molecular formula is C15H19ClN8O. The number of halogens is 1. The van der Waals surface area contributed by atoms with Gasteiger partial charge in [0.25, 0.3) is 0 Å². The van der Waals surface area contributed by atoms with Crippen LogP contribution in [0.3, 0.4) is 0 Å². The highest BCUT2D eigenvalue weighted by atomic mass is 35.5. The van der Waals surface area contributed by atoms with E-state index in [4.69, 9.17) is 17.3 Å². The highest BCUT2D eigenvalue weighted by molar-refractivity contribution is 6.33. The molecule has 3 rings (SSSR count). The normalized spacial score (nSPS) is 12.3. The Labute approximate surface area is 149 Å². The SMILES string of the molecule is CCC(CO)Nc1nc(Nc2ccc(Cl)c(N)c2)c2nnn(C)c2n1. The van der Waals surface area contributed by atoms with E-state index in [9.17, 15) is 5.11 Å². The van der Waals surface area contributed by atoms with E-state index in [1.165, 1.54) is 0 Å². The molecule has 0 amide bonds. The summed E-state index contributed by atoms with van der Waals surface area (Å²) in [5.41, 5.74) is 8.11. The Morgan fingerprint density at radius 1 is 1.36 bits per heavy atom. The molecule has 2 heterocycles. The Bertz CT molecular complexity index is 893. The molecule has 0 radical (unpaired) electrons. The number of rotatable bonds is 6. The second kappa shape index (κ2) is 7.08. The predicted octanol–water partition coefficient (Wildman–Crippen LogP) is 1.92. The second-order valence-electron chi connectivity index (χ2n) is 5.57. The molecular weight excluding hydrogens is 344 g/mol. The van der Waals surface area contributed by atoms with E-state index in [0.29, 0.717) is 39.3 Å². The van der Waals surface area contributed by atoms with E-state index >= 15 is 0 Å². The van der Waals surface area contributed by atoms with Crippen molar-refractivity contribution in [1.82, 2.24) is 25.0 Å². The van der Waals surface area contributed by atoms with Gasteiger partial charge in [0, 0.05) is 12.7 Å². The van der Waals surface area contributed by atoms with Crippen molar-refractivity contribution < 1.29 is 5.11 Å². The van der Waals surface area contributed by atoms with Crippen LogP contribution in [-0.4, -0.2) is 42.7 Å². The van der Waals surface area contributed by atoms with Crippen LogP contribution in [0.4, 0.5) is 23.1 Å². The molecule has 0 bridgehead atoms. The Balaban J connectivity index is 2.01. The summed E-state index contributed by atoms with van der Waals surface area (Å²) in [5, 5.41) is 24.2. The number of benzene rings is 1. The van der Waals surface area contributed by atoms with Gasteiger partial charge < -0.3 is 21.5 Å². The molecule has 132 valence electrons. The van der Waals surface area contributed by atoms with Crippen LogP contribution < -0.4 is 16.4 Å². The molecule has 3 aromatic rings. The van der Waals surface area contributed by atoms with Gasteiger partial charge in [0.15, 0.2) is 17.0 Å². The molecule has 1 aromatic carbocycles. The van der Waals surface area contributed by atoms with Gasteiger partial charge in [-0.15, -0.1) is 5.10 Å². The molecule has 0 aliphatic rings. The first kappa shape index (κ1) is 17.2. The molecule has 5 N–H and O–H groups in total. The van der Waals surface area contributed by atoms with E-state index < -0.39 is 0 Å². The van der Waals surface area contributed by atoms with E-state index in [-0.39, 0.29) is 12.6 Å². The van der Waals surface area contributed by atoms with Crippen LogP contribution in [0.2, 0.25) is 5.02 Å². The lowest BCUT2D eigenvalue weighted by Gasteiger charge is -2.15. The van der Waals surface area contributed by atoms with Gasteiger partial charge >= 0.3 is 0 Å². The molecule has 1 atom stereocenters. The summed E-state index contributed by atoms with van der Waals surface area (Å²) in [7, 11) is 1.75. The van der Waals surface area contributed by atoms with Crippen molar-refractivity contribution in [1.29, 1.82) is 0 Å². The number of nitrogen functional groups attached to an aromatic ring is 1. The summed E-state index contributed by atoms with van der Waals surface area (Å²) in [6.07, 6.45) is 0.734. The number of aliphatic hydroxyl groups is 1. The maximum Gasteiger partial charge on any atom is 0.227 e. The second-order valence-corrected chi connectivity index (χ2v) is 5.98. The molecule has 0 fully saturated rings. The highest BCUT2D eigenvalue weighted by Gasteiger charge is 2.15. The number of nitrogens with zero attached hydrogens (tertiary/aromatic N) is 5. The van der Waals surface area contributed by atoms with Crippen molar-refractivity contribution in [3.05, 3.63) is 23.2 Å². The Morgan fingerprint density at radius 2 is 2.16 bits per heavy atom. The molecule has 0 saturated heterocycles. The molecule has 9 nitrogen and oxygen atoms in total.